The third kappa shape index (κ3) is 2.05. The Hall–Kier alpha value is -2.35. The Balaban J connectivity index is 2.45. The van der Waals surface area contributed by atoms with Crippen LogP contribution in [0.15, 0.2) is 18.2 Å². The van der Waals surface area contributed by atoms with Gasteiger partial charge in [0.05, 0.1) is 11.3 Å². The number of rotatable bonds is 2. The SMILES string of the molecule is C#CC1CC(=O)N(c2cc(F)ccc2C(=O)O)C1. The molecular weight excluding hydrogens is 237 g/mol. The second-order valence-corrected chi connectivity index (χ2v) is 4.04. The molecule has 1 aromatic carbocycles. The normalized spacial score (nSPS) is 18.8. The van der Waals surface area contributed by atoms with E-state index in [-0.39, 0.29) is 36.0 Å². The van der Waals surface area contributed by atoms with Crippen LogP contribution in [0.4, 0.5) is 10.1 Å². The molecule has 18 heavy (non-hydrogen) atoms. The fourth-order valence-corrected chi connectivity index (χ4v) is 1.96. The van der Waals surface area contributed by atoms with Crippen molar-refractivity contribution < 1.29 is 19.1 Å². The molecule has 1 aliphatic heterocycles. The number of amides is 1. The summed E-state index contributed by atoms with van der Waals surface area (Å²) in [6.45, 7) is 0.221. The molecule has 1 saturated heterocycles. The lowest BCUT2D eigenvalue weighted by Gasteiger charge is -2.18. The summed E-state index contributed by atoms with van der Waals surface area (Å²) in [5.74, 6) is 0.109. The molecule has 0 saturated carbocycles. The first kappa shape index (κ1) is 12.1. The Labute approximate surface area is 103 Å². The van der Waals surface area contributed by atoms with Gasteiger partial charge >= 0.3 is 5.97 Å². The standard InChI is InChI=1S/C13H10FNO3/c1-2-8-5-12(16)15(7-8)11-6-9(14)3-4-10(11)13(17)18/h1,3-4,6,8H,5,7H2,(H,17,18). The number of hydrogen-bond acceptors (Lipinski definition) is 2. The van der Waals surface area contributed by atoms with Gasteiger partial charge in [-0.1, -0.05) is 0 Å². The average molecular weight is 247 g/mol. The quantitative estimate of drug-likeness (QED) is 0.806. The van der Waals surface area contributed by atoms with Crippen molar-refractivity contribution in [1.29, 1.82) is 0 Å². The summed E-state index contributed by atoms with van der Waals surface area (Å²) in [4.78, 5) is 24.0. The molecule has 1 N–H and O–H groups in total. The van der Waals surface area contributed by atoms with Crippen LogP contribution in [0, 0.1) is 24.1 Å². The summed E-state index contributed by atoms with van der Waals surface area (Å²) in [6.07, 6.45) is 5.40. The first-order valence-electron chi connectivity index (χ1n) is 5.32. The van der Waals surface area contributed by atoms with Crippen molar-refractivity contribution in [2.75, 3.05) is 11.4 Å². The summed E-state index contributed by atoms with van der Waals surface area (Å²) in [5, 5.41) is 9.03. The molecule has 0 radical (unpaired) electrons. The highest BCUT2D eigenvalue weighted by Gasteiger charge is 2.31. The molecule has 92 valence electrons. The van der Waals surface area contributed by atoms with Gasteiger partial charge in [-0.2, -0.15) is 0 Å². The number of aromatic carboxylic acids is 1. The van der Waals surface area contributed by atoms with Crippen LogP contribution >= 0.6 is 0 Å². The number of carbonyl (C=O) groups is 2. The van der Waals surface area contributed by atoms with Crippen LogP contribution in [0.25, 0.3) is 0 Å². The number of carboxylic acids is 1. The number of nitrogens with zero attached hydrogens (tertiary/aromatic N) is 1. The topological polar surface area (TPSA) is 57.6 Å². The number of benzene rings is 1. The van der Waals surface area contributed by atoms with E-state index in [0.29, 0.717) is 0 Å². The number of carbonyl (C=O) groups excluding carboxylic acids is 1. The molecule has 1 unspecified atom stereocenters. The zero-order chi connectivity index (χ0) is 13.3. The van der Waals surface area contributed by atoms with Crippen LogP contribution in [-0.2, 0) is 4.79 Å². The minimum Gasteiger partial charge on any atom is -0.478 e. The average Bonchev–Trinajstić information content (AvgIpc) is 2.70. The number of carboxylic acid groups (broad SMARTS) is 1. The summed E-state index contributed by atoms with van der Waals surface area (Å²) in [6, 6.07) is 3.23. The molecule has 2 rings (SSSR count). The fourth-order valence-electron chi connectivity index (χ4n) is 1.96. The third-order valence-electron chi connectivity index (χ3n) is 2.84. The maximum absolute atomic E-state index is 13.2. The highest BCUT2D eigenvalue weighted by Crippen LogP contribution is 2.28. The predicted molar refractivity (Wildman–Crippen MR) is 62.7 cm³/mol. The zero-order valence-electron chi connectivity index (χ0n) is 9.39. The molecule has 1 heterocycles. The van der Waals surface area contributed by atoms with Gasteiger partial charge in [0.15, 0.2) is 0 Å². The van der Waals surface area contributed by atoms with Crippen LogP contribution in [-0.4, -0.2) is 23.5 Å². The van der Waals surface area contributed by atoms with Gasteiger partial charge in [0, 0.05) is 18.9 Å². The Morgan fingerprint density at radius 2 is 2.28 bits per heavy atom. The monoisotopic (exact) mass is 247 g/mol. The van der Waals surface area contributed by atoms with Crippen molar-refractivity contribution in [3.8, 4) is 12.3 Å². The molecule has 0 spiro atoms. The molecule has 1 amide bonds. The Morgan fingerprint density at radius 3 is 2.83 bits per heavy atom. The second-order valence-electron chi connectivity index (χ2n) is 4.04. The maximum Gasteiger partial charge on any atom is 0.337 e. The van der Waals surface area contributed by atoms with Gasteiger partial charge in [0.1, 0.15) is 5.82 Å². The molecule has 1 atom stereocenters. The van der Waals surface area contributed by atoms with Crippen LogP contribution in [0.5, 0.6) is 0 Å². The number of terminal acetylenes is 1. The zero-order valence-corrected chi connectivity index (χ0v) is 9.39. The Morgan fingerprint density at radius 1 is 1.56 bits per heavy atom. The van der Waals surface area contributed by atoms with Crippen molar-refractivity contribution in [3.63, 3.8) is 0 Å². The molecule has 4 nitrogen and oxygen atoms in total. The van der Waals surface area contributed by atoms with E-state index in [0.717, 1.165) is 18.2 Å². The largest absolute Gasteiger partial charge is 0.478 e. The van der Waals surface area contributed by atoms with Crippen LogP contribution in [0.2, 0.25) is 0 Å². The summed E-state index contributed by atoms with van der Waals surface area (Å²) in [7, 11) is 0. The Bertz CT molecular complexity index is 562. The van der Waals surface area contributed by atoms with E-state index < -0.39 is 11.8 Å². The smallest absolute Gasteiger partial charge is 0.337 e. The highest BCUT2D eigenvalue weighted by atomic mass is 19.1. The lowest BCUT2D eigenvalue weighted by atomic mass is 10.1. The lowest BCUT2D eigenvalue weighted by Crippen LogP contribution is -2.26. The van der Waals surface area contributed by atoms with Gasteiger partial charge in [-0.3, -0.25) is 4.79 Å². The van der Waals surface area contributed by atoms with Crippen molar-refractivity contribution in [3.05, 3.63) is 29.6 Å². The summed E-state index contributed by atoms with van der Waals surface area (Å²) < 4.78 is 13.2. The fraction of sp³-hybridized carbons (Fsp3) is 0.231. The first-order chi connectivity index (χ1) is 8.52. The van der Waals surface area contributed by atoms with Crippen LogP contribution in [0.1, 0.15) is 16.8 Å². The van der Waals surface area contributed by atoms with E-state index in [9.17, 15) is 14.0 Å². The molecule has 0 bridgehead atoms. The molecular formula is C13H10FNO3. The maximum atomic E-state index is 13.2. The lowest BCUT2D eigenvalue weighted by molar-refractivity contribution is -0.117. The minimum absolute atomic E-state index is 0.0604. The molecule has 1 aliphatic rings. The van der Waals surface area contributed by atoms with Gasteiger partial charge in [0.25, 0.3) is 0 Å². The number of anilines is 1. The highest BCUT2D eigenvalue weighted by molar-refractivity contribution is 6.03. The van der Waals surface area contributed by atoms with Crippen molar-refractivity contribution in [2.24, 2.45) is 5.92 Å². The summed E-state index contributed by atoms with van der Waals surface area (Å²) >= 11 is 0. The number of halogens is 1. The molecule has 0 aliphatic carbocycles. The van der Waals surface area contributed by atoms with Gasteiger partial charge < -0.3 is 10.0 Å². The van der Waals surface area contributed by atoms with Crippen LogP contribution in [0.3, 0.4) is 0 Å². The predicted octanol–water partition coefficient (Wildman–Crippen LogP) is 1.51. The second kappa shape index (κ2) is 4.49. The summed E-state index contributed by atoms with van der Waals surface area (Å²) in [5.41, 5.74) is -0.0485. The van der Waals surface area contributed by atoms with E-state index in [1.807, 2.05) is 0 Å². The van der Waals surface area contributed by atoms with Gasteiger partial charge in [0.2, 0.25) is 5.91 Å². The molecule has 1 aromatic rings. The van der Waals surface area contributed by atoms with E-state index in [4.69, 9.17) is 11.5 Å². The van der Waals surface area contributed by atoms with Crippen molar-refractivity contribution in [2.45, 2.75) is 6.42 Å². The molecule has 5 heteroatoms. The van der Waals surface area contributed by atoms with Crippen molar-refractivity contribution in [1.82, 2.24) is 0 Å². The van der Waals surface area contributed by atoms with Gasteiger partial charge in [-0.25, -0.2) is 9.18 Å². The Kier molecular flexibility index (Phi) is 3.02. The van der Waals surface area contributed by atoms with Gasteiger partial charge in [-0.05, 0) is 18.2 Å². The van der Waals surface area contributed by atoms with E-state index in [1.165, 1.54) is 4.90 Å². The third-order valence-corrected chi connectivity index (χ3v) is 2.84. The van der Waals surface area contributed by atoms with Crippen molar-refractivity contribution >= 4 is 17.6 Å². The van der Waals surface area contributed by atoms with E-state index in [2.05, 4.69) is 5.92 Å². The van der Waals surface area contributed by atoms with E-state index in [1.54, 1.807) is 0 Å². The van der Waals surface area contributed by atoms with Crippen LogP contribution < -0.4 is 4.90 Å². The van der Waals surface area contributed by atoms with E-state index >= 15 is 0 Å². The first-order valence-corrected chi connectivity index (χ1v) is 5.32. The minimum atomic E-state index is -1.21. The number of hydrogen-bond donors (Lipinski definition) is 1. The molecule has 0 aromatic heterocycles. The van der Waals surface area contributed by atoms with Gasteiger partial charge in [-0.15, -0.1) is 12.3 Å². The molecule has 1 fully saturated rings.